The number of benzene rings is 2. The number of ether oxygens (including phenoxy) is 1. The van der Waals surface area contributed by atoms with E-state index in [0.717, 1.165) is 52.0 Å². The van der Waals surface area contributed by atoms with Gasteiger partial charge in [-0.1, -0.05) is 48.5 Å². The molecule has 152 valence electrons. The zero-order valence-electron chi connectivity index (χ0n) is 17.1. The molecule has 2 aromatic heterocycles. The predicted octanol–water partition coefficient (Wildman–Crippen LogP) is 6.17. The van der Waals surface area contributed by atoms with E-state index >= 15 is 0 Å². The molecule has 30 heavy (non-hydrogen) atoms. The van der Waals surface area contributed by atoms with Gasteiger partial charge >= 0.3 is 0 Å². The van der Waals surface area contributed by atoms with E-state index < -0.39 is 0 Å². The average Bonchev–Trinajstić information content (AvgIpc) is 3.12. The normalized spacial score (nSPS) is 12.5. The van der Waals surface area contributed by atoms with Crippen molar-refractivity contribution in [3.8, 4) is 5.75 Å². The lowest BCUT2D eigenvalue weighted by atomic mass is 10.1. The summed E-state index contributed by atoms with van der Waals surface area (Å²) in [5, 5.41) is 1.03. The second-order valence-electron chi connectivity index (χ2n) is 7.35. The number of furan rings is 1. The lowest BCUT2D eigenvalue weighted by Gasteiger charge is -2.12. The summed E-state index contributed by atoms with van der Waals surface area (Å²) in [5.74, 6) is 1.70. The van der Waals surface area contributed by atoms with Gasteiger partial charge in [0, 0.05) is 24.0 Å². The van der Waals surface area contributed by atoms with Crippen LogP contribution in [0.1, 0.15) is 41.3 Å². The van der Waals surface area contributed by atoms with Crippen LogP contribution in [-0.2, 0) is 0 Å². The first-order valence-corrected chi connectivity index (χ1v) is 10.3. The van der Waals surface area contributed by atoms with E-state index in [1.54, 1.807) is 6.20 Å². The molecule has 0 saturated heterocycles. The Balaban J connectivity index is 1.43. The first-order valence-electron chi connectivity index (χ1n) is 10.3. The number of hydrogen-bond acceptors (Lipinski definition) is 4. The Labute approximate surface area is 177 Å². The molecule has 0 fully saturated rings. The summed E-state index contributed by atoms with van der Waals surface area (Å²) in [6.45, 7) is 2.68. The topological polar surface area (TPSA) is 61.3 Å². The molecule has 0 saturated carbocycles. The van der Waals surface area contributed by atoms with Crippen LogP contribution < -0.4 is 10.5 Å². The van der Waals surface area contributed by atoms with Gasteiger partial charge in [0.25, 0.3) is 0 Å². The van der Waals surface area contributed by atoms with Crippen LogP contribution in [0.3, 0.4) is 0 Å². The first-order chi connectivity index (χ1) is 14.7. The minimum absolute atomic E-state index is 0.0246. The Hall–Kier alpha value is -3.37. The van der Waals surface area contributed by atoms with Gasteiger partial charge in [-0.05, 0) is 55.2 Å². The van der Waals surface area contributed by atoms with Crippen LogP contribution in [0, 0.1) is 6.92 Å². The molecule has 0 radical (unpaired) electrons. The maximum absolute atomic E-state index is 6.26. The molecular weight excluding hydrogens is 372 g/mol. The molecule has 4 nitrogen and oxygen atoms in total. The second-order valence-corrected chi connectivity index (χ2v) is 7.35. The smallest absolute Gasteiger partial charge is 0.138 e. The molecule has 0 aliphatic carbocycles. The molecule has 2 N–H and O–H groups in total. The van der Waals surface area contributed by atoms with Gasteiger partial charge in [-0.3, -0.25) is 4.98 Å². The molecule has 0 aliphatic rings. The van der Waals surface area contributed by atoms with E-state index in [2.05, 4.69) is 30.1 Å². The average molecular weight is 399 g/mol. The van der Waals surface area contributed by atoms with Crippen LogP contribution in [0.5, 0.6) is 5.75 Å². The van der Waals surface area contributed by atoms with Gasteiger partial charge in [0.05, 0.1) is 12.0 Å². The van der Waals surface area contributed by atoms with Gasteiger partial charge < -0.3 is 14.9 Å². The first kappa shape index (κ1) is 19.9. The van der Waals surface area contributed by atoms with Gasteiger partial charge in [-0.2, -0.15) is 0 Å². The fourth-order valence-electron chi connectivity index (χ4n) is 3.55. The molecule has 0 bridgehead atoms. The number of pyridine rings is 1. The molecule has 2 aromatic carbocycles. The van der Waals surface area contributed by atoms with Crippen LogP contribution >= 0.6 is 0 Å². The van der Waals surface area contributed by atoms with Gasteiger partial charge in [-0.15, -0.1) is 0 Å². The van der Waals surface area contributed by atoms with Gasteiger partial charge in [0.1, 0.15) is 17.1 Å². The number of hydrogen-bond donors (Lipinski definition) is 1. The van der Waals surface area contributed by atoms with E-state index in [1.165, 1.54) is 0 Å². The Morgan fingerprint density at radius 3 is 2.70 bits per heavy atom. The number of nitrogens with zero attached hydrogens (tertiary/aromatic N) is 1. The van der Waals surface area contributed by atoms with Crippen molar-refractivity contribution in [1.82, 2.24) is 4.98 Å². The Kier molecular flexibility index (Phi) is 6.26. The predicted molar refractivity (Wildman–Crippen MR) is 122 cm³/mol. The number of nitrogens with two attached hydrogens (primary N) is 1. The van der Waals surface area contributed by atoms with Crippen molar-refractivity contribution in [3.63, 3.8) is 0 Å². The summed E-state index contributed by atoms with van der Waals surface area (Å²) in [6, 6.07) is 20.0. The molecule has 2 heterocycles. The minimum atomic E-state index is -0.0246. The highest BCUT2D eigenvalue weighted by Crippen LogP contribution is 2.34. The third-order valence-electron chi connectivity index (χ3n) is 5.21. The van der Waals surface area contributed by atoms with Crippen molar-refractivity contribution in [1.29, 1.82) is 0 Å². The van der Waals surface area contributed by atoms with Gasteiger partial charge in [-0.25, -0.2) is 0 Å². The quantitative estimate of drug-likeness (QED) is 0.361. The fourth-order valence-corrected chi connectivity index (χ4v) is 3.55. The molecule has 4 rings (SSSR count). The third kappa shape index (κ3) is 4.61. The molecule has 1 atom stereocenters. The van der Waals surface area contributed by atoms with E-state index in [1.807, 2.05) is 60.8 Å². The molecule has 4 heteroatoms. The summed E-state index contributed by atoms with van der Waals surface area (Å²) in [6.07, 6.45) is 9.37. The number of rotatable bonds is 8. The van der Waals surface area contributed by atoms with Crippen LogP contribution in [0.2, 0.25) is 0 Å². The molecule has 4 aromatic rings. The highest BCUT2D eigenvalue weighted by Gasteiger charge is 2.13. The molecule has 1 unspecified atom stereocenters. The highest BCUT2D eigenvalue weighted by atomic mass is 16.5. The Bertz CT molecular complexity index is 1120. The lowest BCUT2D eigenvalue weighted by molar-refractivity contribution is 0.305. The lowest BCUT2D eigenvalue weighted by Crippen LogP contribution is -2.12. The largest absolute Gasteiger partial charge is 0.493 e. The zero-order valence-corrected chi connectivity index (χ0v) is 17.1. The van der Waals surface area contributed by atoms with Crippen molar-refractivity contribution in [2.75, 3.05) is 6.61 Å². The van der Waals surface area contributed by atoms with Crippen molar-refractivity contribution in [2.24, 2.45) is 5.73 Å². The van der Waals surface area contributed by atoms with Crippen molar-refractivity contribution < 1.29 is 9.15 Å². The highest BCUT2D eigenvalue weighted by molar-refractivity contribution is 5.91. The van der Waals surface area contributed by atoms with Crippen molar-refractivity contribution >= 4 is 23.1 Å². The SMILES string of the molecule is Cc1c(/C=C/c2ccccc2)oc2cccc(OCCCC(N)c3cccnc3)c12. The maximum Gasteiger partial charge on any atom is 0.138 e. The van der Waals surface area contributed by atoms with Crippen LogP contribution in [-0.4, -0.2) is 11.6 Å². The molecule has 0 aliphatic heterocycles. The van der Waals surface area contributed by atoms with Crippen LogP contribution in [0.25, 0.3) is 23.1 Å². The summed E-state index contributed by atoms with van der Waals surface area (Å²) in [7, 11) is 0. The Morgan fingerprint density at radius 2 is 1.90 bits per heavy atom. The fraction of sp³-hybridized carbons (Fsp3) is 0.192. The molecule has 0 amide bonds. The van der Waals surface area contributed by atoms with Gasteiger partial charge in [0.2, 0.25) is 0 Å². The summed E-state index contributed by atoms with van der Waals surface area (Å²) in [5.41, 5.74) is 10.4. The van der Waals surface area contributed by atoms with Crippen LogP contribution in [0.4, 0.5) is 0 Å². The maximum atomic E-state index is 6.26. The summed E-state index contributed by atoms with van der Waals surface area (Å²) >= 11 is 0. The van der Waals surface area contributed by atoms with E-state index in [0.29, 0.717) is 6.61 Å². The second kappa shape index (κ2) is 9.42. The third-order valence-corrected chi connectivity index (χ3v) is 5.21. The number of aromatic nitrogens is 1. The monoisotopic (exact) mass is 398 g/mol. The van der Waals surface area contributed by atoms with E-state index in [9.17, 15) is 0 Å². The molecular formula is C26H26N2O2. The Morgan fingerprint density at radius 1 is 1.03 bits per heavy atom. The van der Waals surface area contributed by atoms with E-state index in [-0.39, 0.29) is 6.04 Å². The summed E-state index contributed by atoms with van der Waals surface area (Å²) < 4.78 is 12.2. The van der Waals surface area contributed by atoms with Crippen molar-refractivity contribution in [3.05, 3.63) is 95.5 Å². The molecule has 0 spiro atoms. The number of fused-ring (bicyclic) bond motifs is 1. The number of aryl methyl sites for hydroxylation is 1. The minimum Gasteiger partial charge on any atom is -0.493 e. The standard InChI is InChI=1S/C26H26N2O2/c1-19-23(15-14-20-8-3-2-4-9-20)30-25-13-5-12-24(26(19)25)29-17-7-11-22(27)21-10-6-16-28-18-21/h2-6,8-10,12-16,18,22H,7,11,17,27H2,1H3/b15-14+. The van der Waals surface area contributed by atoms with E-state index in [4.69, 9.17) is 14.9 Å². The zero-order chi connectivity index (χ0) is 20.8. The van der Waals surface area contributed by atoms with Crippen molar-refractivity contribution in [2.45, 2.75) is 25.8 Å². The van der Waals surface area contributed by atoms with Crippen LogP contribution in [0.15, 0.2) is 77.5 Å². The van der Waals surface area contributed by atoms with Gasteiger partial charge in [0.15, 0.2) is 0 Å². The summed E-state index contributed by atoms with van der Waals surface area (Å²) in [4.78, 5) is 4.13.